The van der Waals surface area contributed by atoms with Crippen LogP contribution in [0.2, 0.25) is 0 Å². The Morgan fingerprint density at radius 3 is 2.57 bits per heavy atom. The van der Waals surface area contributed by atoms with Crippen molar-refractivity contribution in [2.24, 2.45) is 0 Å². The minimum atomic E-state index is -0.159. The normalized spacial score (nSPS) is 13.8. The van der Waals surface area contributed by atoms with E-state index in [2.05, 4.69) is 5.32 Å². The molecular weight excluding hydrogens is 270 g/mol. The number of amides is 1. The quantitative estimate of drug-likeness (QED) is 0.887. The smallest absolute Gasteiger partial charge is 0.287 e. The number of benzene rings is 1. The molecule has 0 atom stereocenters. The lowest BCUT2D eigenvalue weighted by atomic mass is 10.3. The largest absolute Gasteiger partial charge is 0.497 e. The van der Waals surface area contributed by atoms with E-state index < -0.39 is 0 Å². The summed E-state index contributed by atoms with van der Waals surface area (Å²) in [6.07, 6.45) is 2.11. The fraction of sp³-hybridized carbons (Fsp3) is 0.312. The molecule has 1 aromatic heterocycles. The molecule has 0 radical (unpaired) electrons. The van der Waals surface area contributed by atoms with Gasteiger partial charge in [0.15, 0.2) is 5.76 Å². The van der Waals surface area contributed by atoms with E-state index in [1.165, 1.54) is 0 Å². The molecule has 1 aliphatic rings. The number of ether oxygens (including phenoxy) is 2. The summed E-state index contributed by atoms with van der Waals surface area (Å²) in [6, 6.07) is 11.0. The Morgan fingerprint density at radius 2 is 1.90 bits per heavy atom. The van der Waals surface area contributed by atoms with Crippen LogP contribution in [0.5, 0.6) is 11.5 Å². The molecule has 21 heavy (non-hydrogen) atoms. The van der Waals surface area contributed by atoms with Gasteiger partial charge in [0.05, 0.1) is 7.11 Å². The number of nitrogens with one attached hydrogen (secondary N) is 1. The lowest BCUT2D eigenvalue weighted by molar-refractivity contribution is 0.0919. The van der Waals surface area contributed by atoms with Crippen LogP contribution in [0, 0.1) is 0 Å². The maximum absolute atomic E-state index is 11.8. The Bertz CT molecular complexity index is 613. The molecule has 0 saturated heterocycles. The van der Waals surface area contributed by atoms with Gasteiger partial charge < -0.3 is 19.2 Å². The second-order valence-electron chi connectivity index (χ2n) is 4.98. The molecule has 1 aromatic carbocycles. The summed E-state index contributed by atoms with van der Waals surface area (Å²) in [5.74, 6) is 2.28. The highest BCUT2D eigenvalue weighted by atomic mass is 16.5. The van der Waals surface area contributed by atoms with Gasteiger partial charge in [-0.25, -0.2) is 0 Å². The Kier molecular flexibility index (Phi) is 3.81. The molecule has 0 bridgehead atoms. The van der Waals surface area contributed by atoms with Crippen LogP contribution in [0.1, 0.15) is 29.2 Å². The van der Waals surface area contributed by atoms with Crippen LogP contribution in [-0.2, 0) is 6.61 Å². The monoisotopic (exact) mass is 287 g/mol. The predicted molar refractivity (Wildman–Crippen MR) is 76.5 cm³/mol. The van der Waals surface area contributed by atoms with Gasteiger partial charge in [0, 0.05) is 6.04 Å². The molecule has 0 spiro atoms. The third kappa shape index (κ3) is 3.56. The number of hydrogen-bond donors (Lipinski definition) is 1. The first kappa shape index (κ1) is 13.5. The molecule has 5 nitrogen and oxygen atoms in total. The summed E-state index contributed by atoms with van der Waals surface area (Å²) in [5, 5.41) is 2.88. The van der Waals surface area contributed by atoms with Crippen molar-refractivity contribution < 1.29 is 18.7 Å². The summed E-state index contributed by atoms with van der Waals surface area (Å²) in [5.41, 5.74) is 0. The van der Waals surface area contributed by atoms with Crippen molar-refractivity contribution >= 4 is 5.91 Å². The number of rotatable bonds is 6. The molecule has 1 N–H and O–H groups in total. The number of furan rings is 1. The van der Waals surface area contributed by atoms with Crippen molar-refractivity contribution in [1.82, 2.24) is 5.32 Å². The summed E-state index contributed by atoms with van der Waals surface area (Å²) in [4.78, 5) is 11.8. The molecule has 0 unspecified atom stereocenters. The third-order valence-electron chi connectivity index (χ3n) is 3.24. The number of carbonyl (C=O) groups excluding carboxylic acids is 1. The van der Waals surface area contributed by atoms with Crippen LogP contribution >= 0.6 is 0 Å². The van der Waals surface area contributed by atoms with Crippen molar-refractivity contribution in [3.05, 3.63) is 47.9 Å². The van der Waals surface area contributed by atoms with Gasteiger partial charge in [0.25, 0.3) is 5.91 Å². The van der Waals surface area contributed by atoms with Crippen molar-refractivity contribution in [3.8, 4) is 11.5 Å². The summed E-state index contributed by atoms with van der Waals surface area (Å²) >= 11 is 0. The number of methoxy groups -OCH3 is 1. The topological polar surface area (TPSA) is 60.7 Å². The fourth-order valence-electron chi connectivity index (χ4n) is 1.89. The van der Waals surface area contributed by atoms with Gasteiger partial charge in [0.2, 0.25) is 0 Å². The summed E-state index contributed by atoms with van der Waals surface area (Å²) < 4.78 is 16.2. The van der Waals surface area contributed by atoms with E-state index in [1.54, 1.807) is 19.2 Å². The van der Waals surface area contributed by atoms with Gasteiger partial charge in [-0.05, 0) is 49.2 Å². The predicted octanol–water partition coefficient (Wildman–Crippen LogP) is 2.76. The molecule has 1 aliphatic carbocycles. The van der Waals surface area contributed by atoms with Crippen LogP contribution in [-0.4, -0.2) is 19.1 Å². The number of hydrogen-bond acceptors (Lipinski definition) is 4. The molecule has 1 heterocycles. The maximum Gasteiger partial charge on any atom is 0.287 e. The first-order valence-corrected chi connectivity index (χ1v) is 6.91. The Balaban J connectivity index is 1.54. The lowest BCUT2D eigenvalue weighted by Gasteiger charge is -2.05. The molecular formula is C16H17NO4. The molecule has 3 rings (SSSR count). The van der Waals surface area contributed by atoms with Gasteiger partial charge in [-0.3, -0.25) is 4.79 Å². The second-order valence-corrected chi connectivity index (χ2v) is 4.98. The van der Waals surface area contributed by atoms with Crippen molar-refractivity contribution in [2.75, 3.05) is 7.11 Å². The van der Waals surface area contributed by atoms with Crippen molar-refractivity contribution in [3.63, 3.8) is 0 Å². The Hall–Kier alpha value is -2.43. The minimum absolute atomic E-state index is 0.159. The lowest BCUT2D eigenvalue weighted by Crippen LogP contribution is -2.24. The molecule has 5 heteroatoms. The zero-order valence-corrected chi connectivity index (χ0v) is 11.8. The highest BCUT2D eigenvalue weighted by Gasteiger charge is 2.25. The van der Waals surface area contributed by atoms with Gasteiger partial charge in [0.1, 0.15) is 23.9 Å². The maximum atomic E-state index is 11.8. The van der Waals surface area contributed by atoms with Crippen LogP contribution < -0.4 is 14.8 Å². The average molecular weight is 287 g/mol. The van der Waals surface area contributed by atoms with Crippen LogP contribution in [0.3, 0.4) is 0 Å². The van der Waals surface area contributed by atoms with E-state index in [1.807, 2.05) is 24.3 Å². The number of carbonyl (C=O) groups is 1. The van der Waals surface area contributed by atoms with Crippen LogP contribution in [0.25, 0.3) is 0 Å². The van der Waals surface area contributed by atoms with Gasteiger partial charge in [-0.2, -0.15) is 0 Å². The second kappa shape index (κ2) is 5.91. The van der Waals surface area contributed by atoms with Crippen molar-refractivity contribution in [2.45, 2.75) is 25.5 Å². The average Bonchev–Trinajstić information content (AvgIpc) is 3.19. The first-order chi connectivity index (χ1) is 10.2. The van der Waals surface area contributed by atoms with E-state index in [-0.39, 0.29) is 12.5 Å². The third-order valence-corrected chi connectivity index (χ3v) is 3.24. The first-order valence-electron chi connectivity index (χ1n) is 6.91. The summed E-state index contributed by atoms with van der Waals surface area (Å²) in [6.45, 7) is 0.281. The SMILES string of the molecule is COc1ccc(OCc2ccc(C(=O)NC3CC3)o2)cc1. The molecule has 0 aliphatic heterocycles. The zero-order chi connectivity index (χ0) is 14.7. The zero-order valence-electron chi connectivity index (χ0n) is 11.8. The fourth-order valence-corrected chi connectivity index (χ4v) is 1.89. The van der Waals surface area contributed by atoms with E-state index in [0.29, 0.717) is 17.6 Å². The van der Waals surface area contributed by atoms with Crippen molar-refractivity contribution in [1.29, 1.82) is 0 Å². The van der Waals surface area contributed by atoms with Gasteiger partial charge in [-0.15, -0.1) is 0 Å². The molecule has 1 amide bonds. The van der Waals surface area contributed by atoms with Gasteiger partial charge >= 0.3 is 0 Å². The highest BCUT2D eigenvalue weighted by molar-refractivity contribution is 5.91. The van der Waals surface area contributed by atoms with E-state index in [9.17, 15) is 4.79 Å². The molecule has 110 valence electrons. The van der Waals surface area contributed by atoms with E-state index >= 15 is 0 Å². The molecule has 1 fully saturated rings. The highest BCUT2D eigenvalue weighted by Crippen LogP contribution is 2.21. The summed E-state index contributed by atoms with van der Waals surface area (Å²) in [7, 11) is 1.62. The molecule has 1 saturated carbocycles. The standard InChI is InChI=1S/C16H17NO4/c1-19-12-4-6-13(7-5-12)20-10-14-8-9-15(21-14)16(18)17-11-2-3-11/h4-9,11H,2-3,10H2,1H3,(H,17,18). The van der Waals surface area contributed by atoms with Crippen LogP contribution in [0.15, 0.2) is 40.8 Å². The Morgan fingerprint density at radius 1 is 1.19 bits per heavy atom. The minimum Gasteiger partial charge on any atom is -0.497 e. The van der Waals surface area contributed by atoms with E-state index in [4.69, 9.17) is 13.9 Å². The van der Waals surface area contributed by atoms with Crippen LogP contribution in [0.4, 0.5) is 0 Å². The van der Waals surface area contributed by atoms with Gasteiger partial charge in [-0.1, -0.05) is 0 Å². The Labute approximate surface area is 122 Å². The van der Waals surface area contributed by atoms with E-state index in [0.717, 1.165) is 24.3 Å². The molecule has 2 aromatic rings.